The first-order chi connectivity index (χ1) is 19.6. The van der Waals surface area contributed by atoms with E-state index in [1.54, 1.807) is 36.4 Å². The third-order valence-corrected chi connectivity index (χ3v) is 8.12. The highest BCUT2D eigenvalue weighted by atomic mass is 32.1. The zero-order chi connectivity index (χ0) is 27.5. The van der Waals surface area contributed by atoms with E-state index in [1.807, 2.05) is 0 Å². The van der Waals surface area contributed by atoms with Crippen molar-refractivity contribution >= 4 is 39.7 Å². The molecule has 12 heteroatoms. The summed E-state index contributed by atoms with van der Waals surface area (Å²) in [4.78, 5) is 33.3. The molecule has 4 N–H and O–H groups in total. The van der Waals surface area contributed by atoms with Crippen LogP contribution in [0.4, 0.5) is 16.5 Å². The Morgan fingerprint density at radius 1 is 1.10 bits per heavy atom. The van der Waals surface area contributed by atoms with E-state index >= 15 is 0 Å². The number of hydrogen-bond donors (Lipinski definition) is 4. The SMILES string of the molecule is COCCNc1ccc(C(=O)N2CCc3n[nH]nc3C2)cc1NC(=O)c1cnc(NC2Cc3ccccc3C2)s1. The van der Waals surface area contributed by atoms with Crippen LogP contribution in [0, 0.1) is 0 Å². The number of aromatic nitrogens is 4. The number of nitrogens with zero attached hydrogens (tertiary/aromatic N) is 4. The van der Waals surface area contributed by atoms with Crippen molar-refractivity contribution < 1.29 is 14.3 Å². The maximum Gasteiger partial charge on any atom is 0.267 e. The number of ether oxygens (including phenoxy) is 1. The van der Waals surface area contributed by atoms with Crippen molar-refractivity contribution in [1.82, 2.24) is 25.3 Å². The van der Waals surface area contributed by atoms with Crippen LogP contribution in [0.5, 0.6) is 0 Å². The van der Waals surface area contributed by atoms with E-state index in [1.165, 1.54) is 22.5 Å². The second-order valence-electron chi connectivity index (χ2n) is 9.88. The van der Waals surface area contributed by atoms with Crippen LogP contribution < -0.4 is 16.0 Å². The van der Waals surface area contributed by atoms with Crippen molar-refractivity contribution in [3.05, 3.63) is 81.6 Å². The number of benzene rings is 2. The van der Waals surface area contributed by atoms with Crippen LogP contribution in [-0.2, 0) is 30.5 Å². The van der Waals surface area contributed by atoms with E-state index in [2.05, 4.69) is 60.6 Å². The molecule has 2 amide bonds. The van der Waals surface area contributed by atoms with Crippen molar-refractivity contribution in [2.75, 3.05) is 42.8 Å². The molecule has 0 bridgehead atoms. The normalized spacial score (nSPS) is 14.5. The van der Waals surface area contributed by atoms with Gasteiger partial charge < -0.3 is 25.6 Å². The molecule has 6 rings (SSSR count). The van der Waals surface area contributed by atoms with Crippen molar-refractivity contribution in [2.45, 2.75) is 31.8 Å². The fraction of sp³-hybridized carbons (Fsp3) is 0.321. The Morgan fingerprint density at radius 2 is 1.90 bits per heavy atom. The lowest BCUT2D eigenvalue weighted by atomic mass is 10.1. The predicted molar refractivity (Wildman–Crippen MR) is 153 cm³/mol. The highest BCUT2D eigenvalue weighted by Crippen LogP contribution is 2.29. The lowest BCUT2D eigenvalue weighted by Gasteiger charge is -2.26. The largest absolute Gasteiger partial charge is 0.383 e. The molecule has 0 radical (unpaired) electrons. The van der Waals surface area contributed by atoms with Gasteiger partial charge in [0.2, 0.25) is 0 Å². The zero-order valence-corrected chi connectivity index (χ0v) is 22.9. The fourth-order valence-electron chi connectivity index (χ4n) is 5.15. The van der Waals surface area contributed by atoms with Gasteiger partial charge in [-0.2, -0.15) is 15.4 Å². The number of amides is 2. The van der Waals surface area contributed by atoms with Crippen LogP contribution in [0.3, 0.4) is 0 Å². The molecule has 1 aliphatic carbocycles. The third kappa shape index (κ3) is 5.54. The lowest BCUT2D eigenvalue weighted by Crippen LogP contribution is -2.36. The number of thiazole rings is 1. The average molecular weight is 559 g/mol. The van der Waals surface area contributed by atoms with E-state index in [9.17, 15) is 9.59 Å². The van der Waals surface area contributed by atoms with Crippen LogP contribution in [0.15, 0.2) is 48.7 Å². The van der Waals surface area contributed by atoms with Gasteiger partial charge in [-0.05, 0) is 42.2 Å². The first-order valence-electron chi connectivity index (χ1n) is 13.2. The highest BCUT2D eigenvalue weighted by molar-refractivity contribution is 7.17. The Morgan fingerprint density at radius 3 is 2.70 bits per heavy atom. The number of rotatable bonds is 9. The number of anilines is 3. The minimum atomic E-state index is -0.287. The summed E-state index contributed by atoms with van der Waals surface area (Å²) in [5.74, 6) is -0.417. The molecule has 2 aliphatic rings. The van der Waals surface area contributed by atoms with Crippen LogP contribution in [-0.4, -0.2) is 70.0 Å². The number of carbonyl (C=O) groups excluding carboxylic acids is 2. The maximum absolute atomic E-state index is 13.4. The average Bonchev–Trinajstić information content (AvgIpc) is 3.72. The molecule has 1 aliphatic heterocycles. The molecule has 0 saturated heterocycles. The molecule has 2 aromatic carbocycles. The minimum Gasteiger partial charge on any atom is -0.383 e. The van der Waals surface area contributed by atoms with Gasteiger partial charge in [0.1, 0.15) is 10.6 Å². The number of nitrogens with one attached hydrogen (secondary N) is 4. The Kier molecular flexibility index (Phi) is 7.43. The van der Waals surface area contributed by atoms with E-state index < -0.39 is 0 Å². The summed E-state index contributed by atoms with van der Waals surface area (Å²) in [6, 6.07) is 14.0. The number of methoxy groups -OCH3 is 1. The van der Waals surface area contributed by atoms with Gasteiger partial charge in [0.25, 0.3) is 11.8 Å². The minimum absolute atomic E-state index is 0.130. The molecule has 0 spiro atoms. The molecular weight excluding hydrogens is 528 g/mol. The Bertz CT molecular complexity index is 1510. The molecule has 11 nitrogen and oxygen atoms in total. The third-order valence-electron chi connectivity index (χ3n) is 7.19. The Balaban J connectivity index is 1.16. The van der Waals surface area contributed by atoms with Crippen molar-refractivity contribution in [3.63, 3.8) is 0 Å². The number of aromatic amines is 1. The number of hydrogen-bond acceptors (Lipinski definition) is 9. The number of fused-ring (bicyclic) bond motifs is 2. The predicted octanol–water partition coefficient (Wildman–Crippen LogP) is 3.35. The van der Waals surface area contributed by atoms with Crippen molar-refractivity contribution in [2.24, 2.45) is 0 Å². The lowest BCUT2D eigenvalue weighted by molar-refractivity contribution is 0.0731. The summed E-state index contributed by atoms with van der Waals surface area (Å²) >= 11 is 1.32. The smallest absolute Gasteiger partial charge is 0.267 e. The summed E-state index contributed by atoms with van der Waals surface area (Å²) in [7, 11) is 1.63. The van der Waals surface area contributed by atoms with E-state index in [0.717, 1.165) is 24.2 Å². The van der Waals surface area contributed by atoms with Crippen LogP contribution in [0.25, 0.3) is 0 Å². The zero-order valence-electron chi connectivity index (χ0n) is 22.1. The maximum atomic E-state index is 13.4. The molecule has 40 heavy (non-hydrogen) atoms. The summed E-state index contributed by atoms with van der Waals surface area (Å²) in [5.41, 5.74) is 6.07. The fourth-order valence-corrected chi connectivity index (χ4v) is 5.93. The van der Waals surface area contributed by atoms with Gasteiger partial charge in [-0.1, -0.05) is 35.6 Å². The molecule has 0 fully saturated rings. The quantitative estimate of drug-likeness (QED) is 0.230. The molecule has 0 unspecified atom stereocenters. The van der Waals surface area contributed by atoms with Gasteiger partial charge in [-0.3, -0.25) is 9.59 Å². The standard InChI is InChI=1S/C28H30N8O3S/c1-39-11-9-29-21-7-6-19(27(38)36-10-8-22-24(16-36)34-35-33-22)14-23(21)32-26(37)25-15-30-28(40-25)31-20-12-17-4-2-3-5-18(17)13-20/h2-7,14-15,20,29H,8-13,16H2,1H3,(H,30,31)(H,32,37)(H,33,34,35). The van der Waals surface area contributed by atoms with Crippen LogP contribution in [0.2, 0.25) is 0 Å². The van der Waals surface area contributed by atoms with Gasteiger partial charge >= 0.3 is 0 Å². The van der Waals surface area contributed by atoms with E-state index in [-0.39, 0.29) is 17.9 Å². The summed E-state index contributed by atoms with van der Waals surface area (Å²) in [6.45, 7) is 1.99. The molecule has 0 atom stereocenters. The van der Waals surface area contributed by atoms with Crippen LogP contribution in [0.1, 0.15) is 42.5 Å². The van der Waals surface area contributed by atoms with Gasteiger partial charge in [-0.15, -0.1) is 0 Å². The van der Waals surface area contributed by atoms with Crippen LogP contribution >= 0.6 is 11.3 Å². The molecule has 2 aromatic heterocycles. The summed E-state index contributed by atoms with van der Waals surface area (Å²) < 4.78 is 5.16. The number of H-pyrrole nitrogens is 1. The van der Waals surface area contributed by atoms with E-state index in [0.29, 0.717) is 59.6 Å². The van der Waals surface area contributed by atoms with Crippen molar-refractivity contribution in [1.29, 1.82) is 0 Å². The molecular formula is C28H30N8O3S. The van der Waals surface area contributed by atoms with Crippen molar-refractivity contribution in [3.8, 4) is 0 Å². The first kappa shape index (κ1) is 26.0. The first-order valence-corrected chi connectivity index (χ1v) is 14.0. The number of carbonyl (C=O) groups is 2. The highest BCUT2D eigenvalue weighted by Gasteiger charge is 2.26. The Hall–Kier alpha value is -4.29. The summed E-state index contributed by atoms with van der Waals surface area (Å²) in [5, 5.41) is 21.4. The van der Waals surface area contributed by atoms with Gasteiger partial charge in [0.05, 0.1) is 36.4 Å². The topological polar surface area (TPSA) is 137 Å². The van der Waals surface area contributed by atoms with Gasteiger partial charge in [0, 0.05) is 38.2 Å². The van der Waals surface area contributed by atoms with Gasteiger partial charge in [0.15, 0.2) is 5.13 Å². The molecule has 3 heterocycles. The monoisotopic (exact) mass is 558 g/mol. The Labute approximate surface area is 235 Å². The second-order valence-corrected chi connectivity index (χ2v) is 10.9. The molecule has 206 valence electrons. The second kappa shape index (κ2) is 11.4. The van der Waals surface area contributed by atoms with Gasteiger partial charge in [-0.25, -0.2) is 4.98 Å². The summed E-state index contributed by atoms with van der Waals surface area (Å²) in [6.07, 6.45) is 4.10. The molecule has 0 saturated carbocycles. The molecule has 4 aromatic rings. The van der Waals surface area contributed by atoms with E-state index in [4.69, 9.17) is 4.74 Å².